The first-order valence-electron chi connectivity index (χ1n) is 4.60. The van der Waals surface area contributed by atoms with Crippen LogP contribution in [-0.4, -0.2) is 42.1 Å². The zero-order chi connectivity index (χ0) is 10.1. The second kappa shape index (κ2) is 3.64. The van der Waals surface area contributed by atoms with Crippen LogP contribution in [-0.2, 0) is 9.53 Å². The highest BCUT2D eigenvalue weighted by molar-refractivity contribution is 5.82. The molecule has 1 heterocycles. The second-order valence-electron chi connectivity index (χ2n) is 4.14. The van der Waals surface area contributed by atoms with E-state index in [-0.39, 0.29) is 11.4 Å². The number of morpholine rings is 1. The molecule has 1 amide bonds. The topological polar surface area (TPSA) is 55.6 Å². The van der Waals surface area contributed by atoms with Gasteiger partial charge in [-0.2, -0.15) is 0 Å². The van der Waals surface area contributed by atoms with E-state index in [4.69, 9.17) is 10.5 Å². The Kier molecular flexibility index (Phi) is 2.93. The van der Waals surface area contributed by atoms with E-state index in [1.807, 2.05) is 13.8 Å². The van der Waals surface area contributed by atoms with Gasteiger partial charge < -0.3 is 15.4 Å². The number of carbonyl (C=O) groups excluding carboxylic acids is 1. The van der Waals surface area contributed by atoms with Crippen molar-refractivity contribution in [2.45, 2.75) is 32.4 Å². The van der Waals surface area contributed by atoms with Crippen LogP contribution in [0.4, 0.5) is 0 Å². The van der Waals surface area contributed by atoms with Crippen molar-refractivity contribution in [2.75, 3.05) is 19.8 Å². The zero-order valence-electron chi connectivity index (χ0n) is 8.54. The van der Waals surface area contributed by atoms with Gasteiger partial charge in [0.05, 0.1) is 24.8 Å². The highest BCUT2D eigenvalue weighted by Crippen LogP contribution is 2.19. The van der Waals surface area contributed by atoms with Crippen LogP contribution in [0, 0.1) is 0 Å². The van der Waals surface area contributed by atoms with Gasteiger partial charge in [0.25, 0.3) is 0 Å². The average molecular weight is 186 g/mol. The zero-order valence-corrected chi connectivity index (χ0v) is 8.54. The minimum absolute atomic E-state index is 0.00769. The number of ether oxygens (including phenoxy) is 1. The number of nitrogens with two attached hydrogens (primary N) is 1. The largest absolute Gasteiger partial charge is 0.377 e. The molecule has 1 aliphatic rings. The number of carbonyl (C=O) groups is 1. The normalized spacial score (nSPS) is 24.2. The molecule has 2 N–H and O–H groups in total. The molecule has 0 aromatic carbocycles. The fraction of sp³-hybridized carbons (Fsp3) is 0.889. The summed E-state index contributed by atoms with van der Waals surface area (Å²) in [4.78, 5) is 13.5. The van der Waals surface area contributed by atoms with Crippen molar-refractivity contribution in [3.05, 3.63) is 0 Å². The fourth-order valence-corrected chi connectivity index (χ4v) is 1.51. The molecule has 4 nitrogen and oxygen atoms in total. The Morgan fingerprint density at radius 1 is 1.62 bits per heavy atom. The lowest BCUT2D eigenvalue weighted by molar-refractivity contribution is -0.147. The molecule has 0 spiro atoms. The van der Waals surface area contributed by atoms with Crippen molar-refractivity contribution in [1.29, 1.82) is 0 Å². The van der Waals surface area contributed by atoms with Crippen LogP contribution in [0.15, 0.2) is 0 Å². The molecule has 1 saturated heterocycles. The smallest absolute Gasteiger partial charge is 0.239 e. The van der Waals surface area contributed by atoms with Crippen LogP contribution >= 0.6 is 0 Å². The third-order valence-corrected chi connectivity index (χ3v) is 2.30. The predicted octanol–water partition coefficient (Wildman–Crippen LogP) is -0.0290. The Balaban J connectivity index is 2.71. The van der Waals surface area contributed by atoms with Gasteiger partial charge in [0.1, 0.15) is 0 Å². The Morgan fingerprint density at radius 3 is 2.69 bits per heavy atom. The molecule has 1 atom stereocenters. The van der Waals surface area contributed by atoms with E-state index < -0.39 is 6.04 Å². The Morgan fingerprint density at radius 2 is 2.23 bits per heavy atom. The molecule has 76 valence electrons. The van der Waals surface area contributed by atoms with Crippen LogP contribution in [0.5, 0.6) is 0 Å². The predicted molar refractivity (Wildman–Crippen MR) is 50.3 cm³/mol. The van der Waals surface area contributed by atoms with Gasteiger partial charge in [-0.05, 0) is 20.8 Å². The summed E-state index contributed by atoms with van der Waals surface area (Å²) in [6, 6.07) is -0.419. The molecular weight excluding hydrogens is 168 g/mol. The van der Waals surface area contributed by atoms with Gasteiger partial charge in [-0.3, -0.25) is 4.79 Å². The summed E-state index contributed by atoms with van der Waals surface area (Å²) in [6.07, 6.45) is 0. The summed E-state index contributed by atoms with van der Waals surface area (Å²) in [7, 11) is 0. The lowest BCUT2D eigenvalue weighted by atomic mass is 10.0. The first-order valence-corrected chi connectivity index (χ1v) is 4.60. The van der Waals surface area contributed by atoms with Crippen molar-refractivity contribution in [1.82, 2.24) is 4.90 Å². The number of hydrogen-bond acceptors (Lipinski definition) is 3. The molecule has 1 aliphatic heterocycles. The molecular formula is C9H18N2O2. The standard InChI is InChI=1S/C9H18N2O2/c1-7(10)8(12)11-4-5-13-6-9(11,2)3/h7H,4-6,10H2,1-3H3/t7-/m0/s1. The quantitative estimate of drug-likeness (QED) is 0.625. The number of hydrogen-bond donors (Lipinski definition) is 1. The molecule has 0 aliphatic carbocycles. The molecule has 0 unspecified atom stereocenters. The van der Waals surface area contributed by atoms with E-state index in [0.29, 0.717) is 19.8 Å². The monoisotopic (exact) mass is 186 g/mol. The van der Waals surface area contributed by atoms with Crippen molar-refractivity contribution in [3.63, 3.8) is 0 Å². The van der Waals surface area contributed by atoms with E-state index in [1.165, 1.54) is 0 Å². The minimum atomic E-state index is -0.419. The SMILES string of the molecule is C[C@H](N)C(=O)N1CCOCC1(C)C. The van der Waals surface area contributed by atoms with Gasteiger partial charge in [-0.25, -0.2) is 0 Å². The molecule has 13 heavy (non-hydrogen) atoms. The number of nitrogens with zero attached hydrogens (tertiary/aromatic N) is 1. The van der Waals surface area contributed by atoms with Gasteiger partial charge in [0, 0.05) is 6.54 Å². The fourth-order valence-electron chi connectivity index (χ4n) is 1.51. The summed E-state index contributed by atoms with van der Waals surface area (Å²) < 4.78 is 5.31. The number of rotatable bonds is 1. The Bertz CT molecular complexity index is 202. The molecule has 1 fully saturated rings. The van der Waals surface area contributed by atoms with E-state index >= 15 is 0 Å². The van der Waals surface area contributed by atoms with Crippen LogP contribution < -0.4 is 5.73 Å². The Labute approximate surface area is 79.0 Å². The highest BCUT2D eigenvalue weighted by atomic mass is 16.5. The van der Waals surface area contributed by atoms with Gasteiger partial charge in [-0.1, -0.05) is 0 Å². The summed E-state index contributed by atoms with van der Waals surface area (Å²) >= 11 is 0. The first kappa shape index (κ1) is 10.5. The molecule has 0 saturated carbocycles. The van der Waals surface area contributed by atoms with Gasteiger partial charge in [-0.15, -0.1) is 0 Å². The number of amides is 1. The molecule has 0 aromatic heterocycles. The van der Waals surface area contributed by atoms with Crippen LogP contribution in [0.25, 0.3) is 0 Å². The van der Waals surface area contributed by atoms with Crippen LogP contribution in [0.2, 0.25) is 0 Å². The van der Waals surface area contributed by atoms with Gasteiger partial charge in [0.15, 0.2) is 0 Å². The highest BCUT2D eigenvalue weighted by Gasteiger charge is 2.34. The van der Waals surface area contributed by atoms with Crippen molar-refractivity contribution >= 4 is 5.91 Å². The average Bonchev–Trinajstić information content (AvgIpc) is 2.02. The van der Waals surface area contributed by atoms with Crippen molar-refractivity contribution in [2.24, 2.45) is 5.73 Å². The first-order chi connectivity index (χ1) is 5.95. The van der Waals surface area contributed by atoms with E-state index in [9.17, 15) is 4.79 Å². The summed E-state index contributed by atoms with van der Waals surface area (Å²) in [5.41, 5.74) is 5.34. The third kappa shape index (κ3) is 2.19. The summed E-state index contributed by atoms with van der Waals surface area (Å²) in [6.45, 7) is 7.55. The maximum absolute atomic E-state index is 11.7. The molecule has 0 radical (unpaired) electrons. The minimum Gasteiger partial charge on any atom is -0.377 e. The Hall–Kier alpha value is -0.610. The van der Waals surface area contributed by atoms with Crippen LogP contribution in [0.3, 0.4) is 0 Å². The maximum atomic E-state index is 11.7. The van der Waals surface area contributed by atoms with E-state index in [0.717, 1.165) is 0 Å². The second-order valence-corrected chi connectivity index (χ2v) is 4.14. The molecule has 4 heteroatoms. The summed E-state index contributed by atoms with van der Waals surface area (Å²) in [5, 5.41) is 0. The lowest BCUT2D eigenvalue weighted by Gasteiger charge is -2.42. The maximum Gasteiger partial charge on any atom is 0.239 e. The van der Waals surface area contributed by atoms with Crippen molar-refractivity contribution < 1.29 is 9.53 Å². The van der Waals surface area contributed by atoms with E-state index in [2.05, 4.69) is 0 Å². The van der Waals surface area contributed by atoms with Gasteiger partial charge >= 0.3 is 0 Å². The molecule has 0 bridgehead atoms. The molecule has 0 aromatic rings. The summed E-state index contributed by atoms with van der Waals surface area (Å²) in [5.74, 6) is 0.00769. The van der Waals surface area contributed by atoms with Gasteiger partial charge in [0.2, 0.25) is 5.91 Å². The van der Waals surface area contributed by atoms with Crippen LogP contribution in [0.1, 0.15) is 20.8 Å². The van der Waals surface area contributed by atoms with E-state index in [1.54, 1.807) is 11.8 Å². The van der Waals surface area contributed by atoms with Crippen molar-refractivity contribution in [3.8, 4) is 0 Å². The molecule has 1 rings (SSSR count). The lowest BCUT2D eigenvalue weighted by Crippen LogP contribution is -2.58. The third-order valence-electron chi connectivity index (χ3n) is 2.30.